The lowest BCUT2D eigenvalue weighted by molar-refractivity contribution is 0.303. The van der Waals surface area contributed by atoms with Crippen LogP contribution in [-0.2, 0) is 0 Å². The smallest absolute Gasteiger partial charge is 0.216 e. The predicted octanol–water partition coefficient (Wildman–Crippen LogP) is 2.76. The third-order valence-corrected chi connectivity index (χ3v) is 3.09. The van der Waals surface area contributed by atoms with Gasteiger partial charge in [-0.2, -0.15) is 0 Å². The summed E-state index contributed by atoms with van der Waals surface area (Å²) in [6, 6.07) is 2.41. The summed E-state index contributed by atoms with van der Waals surface area (Å²) in [7, 11) is 0. The van der Waals surface area contributed by atoms with Gasteiger partial charge in [0.1, 0.15) is 6.33 Å². The number of rotatable bonds is 8. The first-order valence-corrected chi connectivity index (χ1v) is 6.90. The van der Waals surface area contributed by atoms with Crippen LogP contribution in [0.15, 0.2) is 12.4 Å². The van der Waals surface area contributed by atoms with Crippen LogP contribution in [0.2, 0.25) is 0 Å². The molecule has 1 N–H and O–H groups in total. The van der Waals surface area contributed by atoms with E-state index in [2.05, 4.69) is 43.0 Å². The molecule has 1 aromatic heterocycles. The van der Waals surface area contributed by atoms with Crippen molar-refractivity contribution in [3.05, 3.63) is 18.1 Å². The second-order valence-corrected chi connectivity index (χ2v) is 4.49. The van der Waals surface area contributed by atoms with E-state index in [1.54, 1.807) is 6.33 Å². The van der Waals surface area contributed by atoms with E-state index in [0.717, 1.165) is 25.1 Å². The zero-order valence-corrected chi connectivity index (χ0v) is 11.9. The highest BCUT2D eigenvalue weighted by Gasteiger charge is 2.18. The highest BCUT2D eigenvalue weighted by atomic mass is 16.5. The summed E-state index contributed by atoms with van der Waals surface area (Å²) < 4.78 is 5.55. The molecule has 2 unspecified atom stereocenters. The topological polar surface area (TPSA) is 47.0 Å². The van der Waals surface area contributed by atoms with Crippen molar-refractivity contribution in [3.8, 4) is 5.88 Å². The van der Waals surface area contributed by atoms with Crippen molar-refractivity contribution in [2.45, 2.75) is 52.5 Å². The molecule has 0 aliphatic heterocycles. The molecule has 1 heterocycles. The maximum Gasteiger partial charge on any atom is 0.216 e. The monoisotopic (exact) mass is 251 g/mol. The van der Waals surface area contributed by atoms with E-state index < -0.39 is 0 Å². The fraction of sp³-hybridized carbons (Fsp3) is 0.714. The van der Waals surface area contributed by atoms with Gasteiger partial charge < -0.3 is 10.1 Å². The van der Waals surface area contributed by atoms with E-state index in [9.17, 15) is 0 Å². The molecule has 0 aliphatic carbocycles. The molecule has 0 saturated carbocycles. The molecular formula is C14H25N3O. The molecule has 102 valence electrons. The largest absolute Gasteiger partial charge is 0.478 e. The van der Waals surface area contributed by atoms with Crippen LogP contribution in [0, 0.1) is 0 Å². The molecule has 0 fully saturated rings. The summed E-state index contributed by atoms with van der Waals surface area (Å²) in [5, 5.41) is 3.49. The molecule has 1 rings (SSSR count). The van der Waals surface area contributed by atoms with Crippen LogP contribution in [0.25, 0.3) is 0 Å². The van der Waals surface area contributed by atoms with Crippen molar-refractivity contribution in [3.63, 3.8) is 0 Å². The number of likely N-dealkylation sites (N-methyl/N-ethyl adjacent to an activating group) is 1. The third kappa shape index (κ3) is 4.26. The van der Waals surface area contributed by atoms with Gasteiger partial charge in [0.2, 0.25) is 5.88 Å². The molecule has 0 spiro atoms. The van der Waals surface area contributed by atoms with Crippen LogP contribution >= 0.6 is 0 Å². The van der Waals surface area contributed by atoms with Crippen molar-refractivity contribution in [1.82, 2.24) is 15.3 Å². The Hall–Kier alpha value is -1.16. The predicted molar refractivity (Wildman–Crippen MR) is 74.0 cm³/mol. The van der Waals surface area contributed by atoms with Gasteiger partial charge in [0.25, 0.3) is 0 Å². The Morgan fingerprint density at radius 1 is 1.28 bits per heavy atom. The number of hydrogen-bond donors (Lipinski definition) is 1. The van der Waals surface area contributed by atoms with Crippen molar-refractivity contribution in [1.29, 1.82) is 0 Å². The van der Waals surface area contributed by atoms with Crippen molar-refractivity contribution >= 4 is 0 Å². The Balaban J connectivity index is 2.74. The van der Waals surface area contributed by atoms with Crippen molar-refractivity contribution < 1.29 is 4.74 Å². The summed E-state index contributed by atoms with van der Waals surface area (Å²) in [5.74, 6) is 1.04. The molecule has 4 heteroatoms. The maximum atomic E-state index is 5.55. The Labute approximate surface area is 110 Å². The van der Waals surface area contributed by atoms with E-state index in [4.69, 9.17) is 4.74 Å². The average Bonchev–Trinajstić information content (AvgIpc) is 2.42. The van der Waals surface area contributed by atoms with Crippen LogP contribution < -0.4 is 10.1 Å². The minimum Gasteiger partial charge on any atom is -0.478 e. The molecule has 18 heavy (non-hydrogen) atoms. The first kappa shape index (κ1) is 14.9. The molecule has 4 nitrogen and oxygen atoms in total. The van der Waals surface area contributed by atoms with E-state index in [1.165, 1.54) is 0 Å². The lowest BCUT2D eigenvalue weighted by Crippen LogP contribution is -2.33. The number of nitrogens with one attached hydrogen (secondary N) is 1. The molecule has 0 aromatic carbocycles. The van der Waals surface area contributed by atoms with Crippen LogP contribution in [0.4, 0.5) is 0 Å². The van der Waals surface area contributed by atoms with E-state index in [1.807, 2.05) is 6.07 Å². The fourth-order valence-electron chi connectivity index (χ4n) is 2.03. The van der Waals surface area contributed by atoms with E-state index in [-0.39, 0.29) is 0 Å². The maximum absolute atomic E-state index is 5.55. The number of hydrogen-bond acceptors (Lipinski definition) is 4. The minimum absolute atomic E-state index is 0.363. The van der Waals surface area contributed by atoms with Gasteiger partial charge in [-0.3, -0.25) is 0 Å². The summed E-state index contributed by atoms with van der Waals surface area (Å²) >= 11 is 0. The van der Waals surface area contributed by atoms with Crippen molar-refractivity contribution in [2.24, 2.45) is 0 Å². The van der Waals surface area contributed by atoms with Gasteiger partial charge in [0.15, 0.2) is 0 Å². The molecular weight excluding hydrogens is 226 g/mol. The van der Waals surface area contributed by atoms with Gasteiger partial charge in [-0.1, -0.05) is 27.7 Å². The Bertz CT molecular complexity index is 344. The molecule has 0 bridgehead atoms. The quantitative estimate of drug-likeness (QED) is 0.771. The first-order valence-electron chi connectivity index (χ1n) is 6.90. The highest BCUT2D eigenvalue weighted by molar-refractivity contribution is 5.18. The molecule has 2 atom stereocenters. The summed E-state index contributed by atoms with van der Waals surface area (Å²) in [6.07, 6.45) is 3.67. The molecule has 0 aliphatic rings. The molecule has 0 saturated heterocycles. The normalized spacial score (nSPS) is 14.2. The van der Waals surface area contributed by atoms with E-state index in [0.29, 0.717) is 24.4 Å². The fourth-order valence-corrected chi connectivity index (χ4v) is 2.03. The summed E-state index contributed by atoms with van der Waals surface area (Å²) in [6.45, 7) is 10.3. The lowest BCUT2D eigenvalue weighted by Gasteiger charge is -2.23. The first-order chi connectivity index (χ1) is 8.72. The SMILES string of the molecule is CCCOc1cc(C(C)C(CC)NCC)ncn1. The molecule has 0 radical (unpaired) electrons. The molecule has 0 amide bonds. The zero-order chi connectivity index (χ0) is 13.4. The van der Waals surface area contributed by atoms with Crippen LogP contribution in [-0.4, -0.2) is 29.2 Å². The Morgan fingerprint density at radius 3 is 2.67 bits per heavy atom. The van der Waals surface area contributed by atoms with Crippen LogP contribution in [0.3, 0.4) is 0 Å². The average molecular weight is 251 g/mol. The van der Waals surface area contributed by atoms with Gasteiger partial charge in [-0.25, -0.2) is 9.97 Å². The molecule has 1 aromatic rings. The second-order valence-electron chi connectivity index (χ2n) is 4.49. The number of ether oxygens (including phenoxy) is 1. The second kappa shape index (κ2) is 8.03. The van der Waals surface area contributed by atoms with Crippen molar-refractivity contribution in [2.75, 3.05) is 13.2 Å². The third-order valence-electron chi connectivity index (χ3n) is 3.09. The van der Waals surface area contributed by atoms with Gasteiger partial charge >= 0.3 is 0 Å². The van der Waals surface area contributed by atoms with E-state index >= 15 is 0 Å². The van der Waals surface area contributed by atoms with Gasteiger partial charge in [-0.15, -0.1) is 0 Å². The zero-order valence-electron chi connectivity index (χ0n) is 11.9. The lowest BCUT2D eigenvalue weighted by atomic mass is 9.96. The van der Waals surface area contributed by atoms with Crippen LogP contribution in [0.5, 0.6) is 5.88 Å². The number of aromatic nitrogens is 2. The highest BCUT2D eigenvalue weighted by Crippen LogP contribution is 2.21. The Kier molecular flexibility index (Phi) is 6.65. The van der Waals surface area contributed by atoms with Crippen LogP contribution in [0.1, 0.15) is 52.1 Å². The summed E-state index contributed by atoms with van der Waals surface area (Å²) in [4.78, 5) is 8.50. The summed E-state index contributed by atoms with van der Waals surface area (Å²) in [5.41, 5.74) is 1.05. The number of nitrogens with zero attached hydrogens (tertiary/aromatic N) is 2. The van der Waals surface area contributed by atoms with Gasteiger partial charge in [-0.05, 0) is 19.4 Å². The Morgan fingerprint density at radius 2 is 2.06 bits per heavy atom. The minimum atomic E-state index is 0.363. The van der Waals surface area contributed by atoms with Gasteiger partial charge in [0, 0.05) is 18.0 Å². The standard InChI is InChI=1S/C14H25N3O/c1-5-8-18-14-9-13(16-10-17-14)11(4)12(6-2)15-7-3/h9-12,15H,5-8H2,1-4H3. The van der Waals surface area contributed by atoms with Gasteiger partial charge in [0.05, 0.1) is 12.3 Å².